The highest BCUT2D eigenvalue weighted by atomic mass is 32.2. The number of nitrogens with one attached hydrogen (secondary N) is 1. The lowest BCUT2D eigenvalue weighted by Crippen LogP contribution is -2.41. The Morgan fingerprint density at radius 1 is 1.43 bits per heavy atom. The van der Waals surface area contributed by atoms with Crippen molar-refractivity contribution in [3.8, 4) is 0 Å². The maximum absolute atomic E-state index is 12.2. The molecule has 1 fully saturated rings. The van der Waals surface area contributed by atoms with Gasteiger partial charge in [0.15, 0.2) is 5.96 Å². The molecule has 0 saturated carbocycles. The maximum Gasteiger partial charge on any atom is 0.193 e. The van der Waals surface area contributed by atoms with Crippen LogP contribution in [0.25, 0.3) is 0 Å². The minimum atomic E-state index is -0.971. The Hall–Kier alpha value is -1.40. The first-order chi connectivity index (χ1) is 11.2. The zero-order chi connectivity index (χ0) is 16.5. The zero-order valence-corrected chi connectivity index (χ0v) is 14.8. The fraction of sp³-hybridized carbons (Fsp3) is 0.588. The van der Waals surface area contributed by atoms with E-state index < -0.39 is 10.8 Å². The number of aliphatic imine (C=N–C) groups is 1. The summed E-state index contributed by atoms with van der Waals surface area (Å²) in [6.45, 7) is 6.25. The average molecular weight is 337 g/mol. The van der Waals surface area contributed by atoms with E-state index in [9.17, 15) is 4.21 Å². The van der Waals surface area contributed by atoms with Crippen LogP contribution in [-0.4, -0.2) is 60.7 Å². The summed E-state index contributed by atoms with van der Waals surface area (Å²) in [7, 11) is 0.827. The molecule has 128 valence electrons. The van der Waals surface area contributed by atoms with Crippen molar-refractivity contribution in [3.05, 3.63) is 30.3 Å². The summed E-state index contributed by atoms with van der Waals surface area (Å²) >= 11 is 0. The fourth-order valence-corrected chi connectivity index (χ4v) is 3.71. The fourth-order valence-electron chi connectivity index (χ4n) is 2.72. The summed E-state index contributed by atoms with van der Waals surface area (Å²) in [5.41, 5.74) is 0. The number of benzene rings is 1. The van der Waals surface area contributed by atoms with E-state index in [2.05, 4.69) is 15.2 Å². The standard InChI is InChI=1S/C17H27N3O2S/c1-3-22-14-15-9-11-20(13-15)17(18-2)19-10-12-23(21)16-7-5-4-6-8-16/h4-8,15H,3,9-14H2,1-2H3,(H,18,19). The minimum absolute atomic E-state index is 0.576. The van der Waals surface area contributed by atoms with E-state index in [0.29, 0.717) is 18.2 Å². The molecular weight excluding hydrogens is 310 g/mol. The molecule has 1 aromatic rings. The Bertz CT molecular complexity index is 522. The predicted octanol–water partition coefficient (Wildman–Crippen LogP) is 1.73. The van der Waals surface area contributed by atoms with Crippen LogP contribution >= 0.6 is 0 Å². The van der Waals surface area contributed by atoms with Crippen molar-refractivity contribution in [1.29, 1.82) is 0 Å². The zero-order valence-electron chi connectivity index (χ0n) is 14.0. The Kier molecular flexibility index (Phi) is 7.55. The van der Waals surface area contributed by atoms with E-state index in [0.717, 1.165) is 43.6 Å². The lowest BCUT2D eigenvalue weighted by atomic mass is 10.1. The number of rotatable bonds is 7. The lowest BCUT2D eigenvalue weighted by Gasteiger charge is -2.21. The van der Waals surface area contributed by atoms with Crippen molar-refractivity contribution in [1.82, 2.24) is 10.2 Å². The Morgan fingerprint density at radius 3 is 2.91 bits per heavy atom. The van der Waals surface area contributed by atoms with Crippen molar-refractivity contribution < 1.29 is 8.95 Å². The van der Waals surface area contributed by atoms with Gasteiger partial charge in [-0.05, 0) is 25.5 Å². The number of nitrogens with zero attached hydrogens (tertiary/aromatic N) is 2. The summed E-state index contributed by atoms with van der Waals surface area (Å²) < 4.78 is 17.7. The van der Waals surface area contributed by atoms with Crippen LogP contribution in [0.4, 0.5) is 0 Å². The topological polar surface area (TPSA) is 53.9 Å². The molecule has 2 rings (SSSR count). The van der Waals surface area contributed by atoms with E-state index >= 15 is 0 Å². The molecule has 0 spiro atoms. The summed E-state index contributed by atoms with van der Waals surface area (Å²) in [5.74, 6) is 2.06. The Morgan fingerprint density at radius 2 is 2.22 bits per heavy atom. The van der Waals surface area contributed by atoms with Crippen LogP contribution in [0.2, 0.25) is 0 Å². The van der Waals surface area contributed by atoms with Gasteiger partial charge in [0.1, 0.15) is 0 Å². The van der Waals surface area contributed by atoms with Crippen LogP contribution in [-0.2, 0) is 15.5 Å². The third-order valence-corrected chi connectivity index (χ3v) is 5.30. The molecular formula is C17H27N3O2S. The highest BCUT2D eigenvalue weighted by Crippen LogP contribution is 2.16. The first-order valence-corrected chi connectivity index (χ1v) is 9.53. The first-order valence-electron chi connectivity index (χ1n) is 8.21. The molecule has 1 aliphatic heterocycles. The largest absolute Gasteiger partial charge is 0.381 e. The van der Waals surface area contributed by atoms with Gasteiger partial charge in [0.25, 0.3) is 0 Å². The second kappa shape index (κ2) is 9.67. The van der Waals surface area contributed by atoms with Crippen LogP contribution in [0.3, 0.4) is 0 Å². The molecule has 1 saturated heterocycles. The van der Waals surface area contributed by atoms with Crippen molar-refractivity contribution in [3.63, 3.8) is 0 Å². The minimum Gasteiger partial charge on any atom is -0.381 e. The molecule has 6 heteroatoms. The van der Waals surface area contributed by atoms with Gasteiger partial charge in [-0.2, -0.15) is 0 Å². The van der Waals surface area contributed by atoms with Crippen molar-refractivity contribution >= 4 is 16.8 Å². The van der Waals surface area contributed by atoms with Crippen molar-refractivity contribution in [2.24, 2.45) is 10.9 Å². The summed E-state index contributed by atoms with van der Waals surface area (Å²) in [4.78, 5) is 7.48. The van der Waals surface area contributed by atoms with E-state index in [1.165, 1.54) is 0 Å². The predicted molar refractivity (Wildman–Crippen MR) is 95.3 cm³/mol. The summed E-state index contributed by atoms with van der Waals surface area (Å²) in [6, 6.07) is 9.59. The number of guanidine groups is 1. The average Bonchev–Trinajstić information content (AvgIpc) is 3.06. The van der Waals surface area contributed by atoms with Crippen LogP contribution in [0, 0.1) is 5.92 Å². The lowest BCUT2D eigenvalue weighted by molar-refractivity contribution is 0.114. The SMILES string of the molecule is CCOCC1CCN(C(=NC)NCCS(=O)c2ccccc2)C1. The van der Waals surface area contributed by atoms with Gasteiger partial charge in [-0.15, -0.1) is 0 Å². The van der Waals surface area contributed by atoms with Crippen molar-refractivity contribution in [2.75, 3.05) is 45.6 Å². The smallest absolute Gasteiger partial charge is 0.193 e. The van der Waals surface area contributed by atoms with Gasteiger partial charge in [-0.25, -0.2) is 0 Å². The van der Waals surface area contributed by atoms with Crippen LogP contribution in [0.15, 0.2) is 40.2 Å². The maximum atomic E-state index is 12.2. The molecule has 0 amide bonds. The van der Waals surface area contributed by atoms with Gasteiger partial charge < -0.3 is 15.0 Å². The molecule has 2 atom stereocenters. The normalized spacial score (nSPS) is 19.8. The molecule has 1 aliphatic rings. The third-order valence-electron chi connectivity index (χ3n) is 3.93. The van der Waals surface area contributed by atoms with E-state index in [1.54, 1.807) is 7.05 Å². The molecule has 1 aromatic carbocycles. The Labute approximate surface area is 141 Å². The third kappa shape index (κ3) is 5.62. The molecule has 0 aliphatic carbocycles. The molecule has 1 heterocycles. The second-order valence-electron chi connectivity index (χ2n) is 5.60. The van der Waals surface area contributed by atoms with Gasteiger partial charge in [0.05, 0.1) is 17.4 Å². The number of ether oxygens (including phenoxy) is 1. The summed E-state index contributed by atoms with van der Waals surface area (Å²) in [5, 5.41) is 3.33. The van der Waals surface area contributed by atoms with Gasteiger partial charge in [-0.1, -0.05) is 18.2 Å². The highest BCUT2D eigenvalue weighted by Gasteiger charge is 2.24. The molecule has 23 heavy (non-hydrogen) atoms. The number of hydrogen-bond acceptors (Lipinski definition) is 3. The quantitative estimate of drug-likeness (QED) is 0.608. The molecule has 0 radical (unpaired) electrons. The van der Waals surface area contributed by atoms with Gasteiger partial charge in [0, 0.05) is 49.9 Å². The molecule has 0 bridgehead atoms. The monoisotopic (exact) mass is 337 g/mol. The summed E-state index contributed by atoms with van der Waals surface area (Å²) in [6.07, 6.45) is 1.14. The van der Waals surface area contributed by atoms with E-state index in [-0.39, 0.29) is 0 Å². The van der Waals surface area contributed by atoms with Crippen molar-refractivity contribution in [2.45, 2.75) is 18.2 Å². The highest BCUT2D eigenvalue weighted by molar-refractivity contribution is 7.85. The number of hydrogen-bond donors (Lipinski definition) is 1. The molecule has 2 unspecified atom stereocenters. The van der Waals surface area contributed by atoms with Gasteiger partial charge in [-0.3, -0.25) is 9.20 Å². The second-order valence-corrected chi connectivity index (χ2v) is 7.17. The van der Waals surface area contributed by atoms with Gasteiger partial charge >= 0.3 is 0 Å². The van der Waals surface area contributed by atoms with Crippen LogP contribution in [0.1, 0.15) is 13.3 Å². The van der Waals surface area contributed by atoms with Crippen LogP contribution < -0.4 is 5.32 Å². The first kappa shape index (κ1) is 17.9. The molecule has 0 aromatic heterocycles. The van der Waals surface area contributed by atoms with Gasteiger partial charge in [0.2, 0.25) is 0 Å². The number of likely N-dealkylation sites (tertiary alicyclic amines) is 1. The Balaban J connectivity index is 1.74. The van der Waals surface area contributed by atoms with E-state index in [1.807, 2.05) is 37.3 Å². The molecule has 5 nitrogen and oxygen atoms in total. The van der Waals surface area contributed by atoms with E-state index in [4.69, 9.17) is 4.74 Å². The van der Waals surface area contributed by atoms with Crippen LogP contribution in [0.5, 0.6) is 0 Å². The molecule has 1 N–H and O–H groups in total.